The molecule has 0 aliphatic heterocycles. The van der Waals surface area contributed by atoms with Gasteiger partial charge >= 0.3 is 0 Å². The standard InChI is InChI=1S/C17H20FN3O3S/c1-13(10-15-7-3-4-9-19-15)20-17(22)12-21(25(2,23)24)16-8-5-6-14(18)11-16/h3-9,11,13H,10,12H2,1-2H3,(H,20,22). The van der Waals surface area contributed by atoms with Gasteiger partial charge in [-0.1, -0.05) is 12.1 Å². The monoisotopic (exact) mass is 365 g/mol. The Bertz CT molecular complexity index is 828. The number of nitrogens with zero attached hydrogens (tertiary/aromatic N) is 2. The molecule has 0 fully saturated rings. The third kappa shape index (κ3) is 5.82. The third-order valence-corrected chi connectivity index (χ3v) is 4.57. The second-order valence-electron chi connectivity index (χ2n) is 5.74. The summed E-state index contributed by atoms with van der Waals surface area (Å²) in [5.74, 6) is -1.05. The van der Waals surface area contributed by atoms with Crippen molar-refractivity contribution in [2.75, 3.05) is 17.1 Å². The molecule has 0 saturated heterocycles. The Balaban J connectivity index is 2.05. The molecule has 0 bridgehead atoms. The number of aromatic nitrogens is 1. The average Bonchev–Trinajstić information content (AvgIpc) is 2.52. The van der Waals surface area contributed by atoms with Gasteiger partial charge in [-0.3, -0.25) is 14.1 Å². The van der Waals surface area contributed by atoms with Crippen molar-refractivity contribution in [3.05, 3.63) is 60.2 Å². The van der Waals surface area contributed by atoms with Gasteiger partial charge in [0.2, 0.25) is 15.9 Å². The first-order valence-corrected chi connectivity index (χ1v) is 9.53. The molecule has 25 heavy (non-hydrogen) atoms. The van der Waals surface area contributed by atoms with E-state index in [1.165, 1.54) is 18.2 Å². The lowest BCUT2D eigenvalue weighted by Gasteiger charge is -2.23. The fourth-order valence-electron chi connectivity index (χ4n) is 2.37. The van der Waals surface area contributed by atoms with Gasteiger partial charge in [0.1, 0.15) is 12.4 Å². The van der Waals surface area contributed by atoms with Crippen LogP contribution < -0.4 is 9.62 Å². The maximum absolute atomic E-state index is 13.4. The first-order chi connectivity index (χ1) is 11.8. The summed E-state index contributed by atoms with van der Waals surface area (Å²) in [6, 6.07) is 10.4. The van der Waals surface area contributed by atoms with Gasteiger partial charge in [-0.15, -0.1) is 0 Å². The summed E-state index contributed by atoms with van der Waals surface area (Å²) in [6.07, 6.45) is 3.16. The Morgan fingerprint density at radius 2 is 2.04 bits per heavy atom. The van der Waals surface area contributed by atoms with Crippen molar-refractivity contribution in [3.8, 4) is 0 Å². The predicted molar refractivity (Wildman–Crippen MR) is 94.1 cm³/mol. The van der Waals surface area contributed by atoms with Crippen molar-refractivity contribution in [1.82, 2.24) is 10.3 Å². The SMILES string of the molecule is CC(Cc1ccccn1)NC(=O)CN(c1cccc(F)c1)S(C)(=O)=O. The molecule has 8 heteroatoms. The zero-order valence-corrected chi connectivity index (χ0v) is 14.8. The first kappa shape index (κ1) is 18.9. The summed E-state index contributed by atoms with van der Waals surface area (Å²) >= 11 is 0. The number of anilines is 1. The molecule has 1 unspecified atom stereocenters. The minimum absolute atomic E-state index is 0.107. The summed E-state index contributed by atoms with van der Waals surface area (Å²) in [5.41, 5.74) is 0.926. The van der Waals surface area contributed by atoms with E-state index in [0.717, 1.165) is 22.3 Å². The lowest BCUT2D eigenvalue weighted by atomic mass is 10.1. The Morgan fingerprint density at radius 3 is 2.64 bits per heavy atom. The van der Waals surface area contributed by atoms with Crippen molar-refractivity contribution in [3.63, 3.8) is 0 Å². The molecular formula is C17H20FN3O3S. The fraction of sp³-hybridized carbons (Fsp3) is 0.294. The zero-order valence-electron chi connectivity index (χ0n) is 14.0. The molecular weight excluding hydrogens is 345 g/mol. The van der Waals surface area contributed by atoms with Crippen LogP contribution in [0.1, 0.15) is 12.6 Å². The first-order valence-electron chi connectivity index (χ1n) is 7.68. The van der Waals surface area contributed by atoms with Crippen molar-refractivity contribution >= 4 is 21.6 Å². The van der Waals surface area contributed by atoms with Gasteiger partial charge in [0, 0.05) is 24.4 Å². The van der Waals surface area contributed by atoms with E-state index in [4.69, 9.17) is 0 Å². The van der Waals surface area contributed by atoms with E-state index < -0.39 is 28.3 Å². The summed E-state index contributed by atoms with van der Waals surface area (Å²) in [7, 11) is -3.73. The average molecular weight is 365 g/mol. The lowest BCUT2D eigenvalue weighted by Crippen LogP contribution is -2.44. The maximum atomic E-state index is 13.4. The molecule has 1 aromatic heterocycles. The number of nitrogens with one attached hydrogen (secondary N) is 1. The van der Waals surface area contributed by atoms with Crippen LogP contribution in [0.25, 0.3) is 0 Å². The topological polar surface area (TPSA) is 79.4 Å². The number of amides is 1. The van der Waals surface area contributed by atoms with Gasteiger partial charge < -0.3 is 5.32 Å². The van der Waals surface area contributed by atoms with Crippen LogP contribution in [0.5, 0.6) is 0 Å². The Labute approximate surface area is 146 Å². The Hall–Kier alpha value is -2.48. The van der Waals surface area contributed by atoms with Crippen LogP contribution in [-0.2, 0) is 21.2 Å². The molecule has 134 valence electrons. The highest BCUT2D eigenvalue weighted by Gasteiger charge is 2.22. The third-order valence-electron chi connectivity index (χ3n) is 3.43. The quantitative estimate of drug-likeness (QED) is 0.810. The number of benzene rings is 1. The maximum Gasteiger partial charge on any atom is 0.240 e. The van der Waals surface area contributed by atoms with Crippen molar-refractivity contribution in [1.29, 1.82) is 0 Å². The molecule has 6 nitrogen and oxygen atoms in total. The molecule has 0 spiro atoms. The molecule has 2 aromatic rings. The molecule has 1 heterocycles. The van der Waals surface area contributed by atoms with E-state index in [2.05, 4.69) is 10.3 Å². The van der Waals surface area contributed by atoms with E-state index in [0.29, 0.717) is 6.42 Å². The minimum atomic E-state index is -3.73. The highest BCUT2D eigenvalue weighted by atomic mass is 32.2. The van der Waals surface area contributed by atoms with Crippen molar-refractivity contribution in [2.24, 2.45) is 0 Å². The van der Waals surface area contributed by atoms with E-state index in [-0.39, 0.29) is 11.7 Å². The fourth-order valence-corrected chi connectivity index (χ4v) is 3.21. The number of sulfonamides is 1. The highest BCUT2D eigenvalue weighted by molar-refractivity contribution is 7.92. The number of pyridine rings is 1. The Kier molecular flexibility index (Phi) is 6.08. The number of halogens is 1. The van der Waals surface area contributed by atoms with Crippen LogP contribution >= 0.6 is 0 Å². The van der Waals surface area contributed by atoms with Gasteiger partial charge in [0.25, 0.3) is 0 Å². The van der Waals surface area contributed by atoms with E-state index in [9.17, 15) is 17.6 Å². The summed E-state index contributed by atoms with van der Waals surface area (Å²) in [6.45, 7) is 1.38. The number of hydrogen-bond acceptors (Lipinski definition) is 4. The molecule has 0 radical (unpaired) electrons. The highest BCUT2D eigenvalue weighted by Crippen LogP contribution is 2.18. The molecule has 1 aromatic carbocycles. The summed E-state index contributed by atoms with van der Waals surface area (Å²) < 4.78 is 38.2. The molecule has 1 N–H and O–H groups in total. The van der Waals surface area contributed by atoms with Gasteiger partial charge in [0.05, 0.1) is 11.9 Å². The number of hydrogen-bond donors (Lipinski definition) is 1. The zero-order chi connectivity index (χ0) is 18.4. The second kappa shape index (κ2) is 8.06. The molecule has 0 aliphatic rings. The summed E-state index contributed by atoms with van der Waals surface area (Å²) in [5, 5.41) is 2.74. The molecule has 1 amide bonds. The van der Waals surface area contributed by atoms with E-state index >= 15 is 0 Å². The van der Waals surface area contributed by atoms with Crippen LogP contribution in [-0.4, -0.2) is 38.2 Å². The van der Waals surface area contributed by atoms with Gasteiger partial charge in [-0.2, -0.15) is 0 Å². The minimum Gasteiger partial charge on any atom is -0.352 e. The number of carbonyl (C=O) groups excluding carboxylic acids is 1. The second-order valence-corrected chi connectivity index (χ2v) is 7.65. The number of carbonyl (C=O) groups is 1. The van der Waals surface area contributed by atoms with Gasteiger partial charge in [-0.25, -0.2) is 12.8 Å². The Morgan fingerprint density at radius 1 is 1.28 bits per heavy atom. The normalized spacial score (nSPS) is 12.4. The van der Waals surface area contributed by atoms with E-state index in [1.807, 2.05) is 12.1 Å². The van der Waals surface area contributed by atoms with Crippen LogP contribution in [0.15, 0.2) is 48.7 Å². The van der Waals surface area contributed by atoms with E-state index in [1.54, 1.807) is 19.2 Å². The van der Waals surface area contributed by atoms with Gasteiger partial charge in [-0.05, 0) is 37.3 Å². The van der Waals surface area contributed by atoms with Crippen LogP contribution in [0.4, 0.5) is 10.1 Å². The lowest BCUT2D eigenvalue weighted by molar-refractivity contribution is -0.120. The van der Waals surface area contributed by atoms with Gasteiger partial charge in [0.15, 0.2) is 0 Å². The van der Waals surface area contributed by atoms with Crippen molar-refractivity contribution < 1.29 is 17.6 Å². The van der Waals surface area contributed by atoms with Crippen LogP contribution in [0, 0.1) is 5.82 Å². The molecule has 1 atom stereocenters. The summed E-state index contributed by atoms with van der Waals surface area (Å²) in [4.78, 5) is 16.4. The largest absolute Gasteiger partial charge is 0.352 e. The number of rotatable bonds is 7. The van der Waals surface area contributed by atoms with Crippen LogP contribution in [0.2, 0.25) is 0 Å². The van der Waals surface area contributed by atoms with Crippen molar-refractivity contribution in [2.45, 2.75) is 19.4 Å². The molecule has 2 rings (SSSR count). The molecule has 0 aliphatic carbocycles. The molecule has 0 saturated carbocycles. The smallest absolute Gasteiger partial charge is 0.240 e. The van der Waals surface area contributed by atoms with Crippen LogP contribution in [0.3, 0.4) is 0 Å². The predicted octanol–water partition coefficient (Wildman–Crippen LogP) is 1.73.